The summed E-state index contributed by atoms with van der Waals surface area (Å²) in [6.45, 7) is 3.27. The molecule has 0 saturated heterocycles. The van der Waals surface area contributed by atoms with Crippen molar-refractivity contribution < 1.29 is 0 Å². The Kier molecular flexibility index (Phi) is 3.23. The van der Waals surface area contributed by atoms with Crippen LogP contribution in [0.2, 0.25) is 0 Å². The predicted molar refractivity (Wildman–Crippen MR) is 72.7 cm³/mol. The molecule has 0 spiro atoms. The van der Waals surface area contributed by atoms with Gasteiger partial charge in [-0.15, -0.1) is 0 Å². The van der Waals surface area contributed by atoms with Gasteiger partial charge in [-0.25, -0.2) is 0 Å². The fraction of sp³-hybridized carbons (Fsp3) is 1.00. The Hall–Kier alpha value is -0.0400. The van der Waals surface area contributed by atoms with Gasteiger partial charge in [0.2, 0.25) is 0 Å². The Labute approximate surface area is 107 Å². The number of hydrogen-bond acceptors (Lipinski definition) is 1. The minimum atomic E-state index is 0.789. The molecule has 0 aromatic carbocycles. The van der Waals surface area contributed by atoms with Crippen LogP contribution >= 0.6 is 0 Å². The highest BCUT2D eigenvalue weighted by Gasteiger charge is 2.50. The molecule has 1 atom stereocenters. The third kappa shape index (κ3) is 2.41. The zero-order chi connectivity index (χ0) is 11.9. The second kappa shape index (κ2) is 4.57. The molecule has 0 aromatic heterocycles. The predicted octanol–water partition coefficient (Wildman–Crippen LogP) is 3.97. The normalized spacial score (nSPS) is 45.2. The third-order valence-corrected chi connectivity index (χ3v) is 5.99. The highest BCUT2D eigenvalue weighted by molar-refractivity contribution is 5.01. The molecule has 2 N–H and O–H groups in total. The Balaban J connectivity index is 1.58. The third-order valence-electron chi connectivity index (χ3n) is 5.99. The lowest BCUT2D eigenvalue weighted by Gasteiger charge is -2.57. The molecule has 0 aromatic rings. The van der Waals surface area contributed by atoms with Gasteiger partial charge in [-0.3, -0.25) is 0 Å². The van der Waals surface area contributed by atoms with Crippen molar-refractivity contribution in [1.29, 1.82) is 0 Å². The fourth-order valence-electron chi connectivity index (χ4n) is 5.58. The summed E-state index contributed by atoms with van der Waals surface area (Å²) in [5.41, 5.74) is 6.46. The van der Waals surface area contributed by atoms with Gasteiger partial charge in [-0.1, -0.05) is 13.3 Å². The van der Waals surface area contributed by atoms with E-state index in [1.807, 2.05) is 0 Å². The van der Waals surface area contributed by atoms with E-state index in [4.69, 9.17) is 5.73 Å². The van der Waals surface area contributed by atoms with E-state index >= 15 is 0 Å². The largest absolute Gasteiger partial charge is 0.330 e. The van der Waals surface area contributed by atoms with Gasteiger partial charge in [-0.05, 0) is 87.0 Å². The molecule has 4 aliphatic rings. The first-order chi connectivity index (χ1) is 8.19. The summed E-state index contributed by atoms with van der Waals surface area (Å²) in [5, 5.41) is 0. The van der Waals surface area contributed by atoms with E-state index in [1.165, 1.54) is 19.3 Å². The van der Waals surface area contributed by atoms with Crippen LogP contribution in [0.5, 0.6) is 0 Å². The molecule has 1 nitrogen and oxygen atoms in total. The van der Waals surface area contributed by atoms with Gasteiger partial charge in [0.05, 0.1) is 0 Å². The first kappa shape index (κ1) is 12.0. The van der Waals surface area contributed by atoms with Gasteiger partial charge in [0, 0.05) is 0 Å². The van der Waals surface area contributed by atoms with Gasteiger partial charge in [0.15, 0.2) is 0 Å². The molecule has 98 valence electrons. The Morgan fingerprint density at radius 3 is 2.00 bits per heavy atom. The van der Waals surface area contributed by atoms with E-state index in [1.54, 1.807) is 38.5 Å². The fourth-order valence-corrected chi connectivity index (χ4v) is 5.58. The van der Waals surface area contributed by atoms with Crippen molar-refractivity contribution in [1.82, 2.24) is 0 Å². The van der Waals surface area contributed by atoms with Crippen LogP contribution in [-0.4, -0.2) is 6.54 Å². The molecule has 0 amide bonds. The average Bonchev–Trinajstić information content (AvgIpc) is 2.25. The summed E-state index contributed by atoms with van der Waals surface area (Å²) in [7, 11) is 0. The molecule has 17 heavy (non-hydrogen) atoms. The maximum Gasteiger partial charge on any atom is -0.00747 e. The number of nitrogens with two attached hydrogens (primary N) is 1. The van der Waals surface area contributed by atoms with Crippen molar-refractivity contribution in [2.24, 2.45) is 34.8 Å². The molecular formula is C16H29N. The number of hydrogen-bond donors (Lipinski definition) is 1. The van der Waals surface area contributed by atoms with Gasteiger partial charge < -0.3 is 5.73 Å². The molecule has 0 aliphatic heterocycles. The summed E-state index contributed by atoms with van der Waals surface area (Å²) >= 11 is 0. The summed E-state index contributed by atoms with van der Waals surface area (Å²) in [5.74, 6) is 4.20. The first-order valence-electron chi connectivity index (χ1n) is 7.89. The summed E-state index contributed by atoms with van der Waals surface area (Å²) in [4.78, 5) is 0. The topological polar surface area (TPSA) is 26.0 Å². The van der Waals surface area contributed by atoms with Crippen LogP contribution in [-0.2, 0) is 0 Å². The smallest absolute Gasteiger partial charge is 0.00747 e. The number of rotatable bonds is 5. The van der Waals surface area contributed by atoms with Crippen molar-refractivity contribution in [3.63, 3.8) is 0 Å². The first-order valence-corrected chi connectivity index (χ1v) is 7.89. The van der Waals surface area contributed by atoms with Crippen molar-refractivity contribution in [3.8, 4) is 0 Å². The SMILES string of the molecule is CC(CCN)CCC12CC3CC(CC(C3)C1)C2. The highest BCUT2D eigenvalue weighted by atomic mass is 14.6. The molecule has 0 heterocycles. The summed E-state index contributed by atoms with van der Waals surface area (Å²) < 4.78 is 0. The van der Waals surface area contributed by atoms with E-state index in [0.717, 1.165) is 35.6 Å². The molecule has 4 bridgehead atoms. The zero-order valence-electron chi connectivity index (χ0n) is 11.5. The van der Waals surface area contributed by atoms with Crippen LogP contribution in [0.4, 0.5) is 0 Å². The van der Waals surface area contributed by atoms with Crippen LogP contribution in [0.1, 0.15) is 64.7 Å². The van der Waals surface area contributed by atoms with Crippen LogP contribution in [0, 0.1) is 29.1 Å². The lowest BCUT2D eigenvalue weighted by atomic mass is 9.48. The lowest BCUT2D eigenvalue weighted by Crippen LogP contribution is -2.46. The standard InChI is InChI=1S/C16H29N/c1-12(3-5-17)2-4-16-9-13-6-14(10-16)8-15(7-13)11-16/h12-15H,2-11,17H2,1H3. The second-order valence-corrected chi connectivity index (χ2v) is 7.64. The van der Waals surface area contributed by atoms with E-state index in [2.05, 4.69) is 6.92 Å². The van der Waals surface area contributed by atoms with Crippen molar-refractivity contribution in [2.45, 2.75) is 64.7 Å². The van der Waals surface area contributed by atoms with Crippen molar-refractivity contribution >= 4 is 0 Å². The second-order valence-electron chi connectivity index (χ2n) is 7.64. The van der Waals surface area contributed by atoms with Crippen molar-refractivity contribution in [3.05, 3.63) is 0 Å². The lowest BCUT2D eigenvalue weighted by molar-refractivity contribution is -0.0598. The molecule has 1 unspecified atom stereocenters. The zero-order valence-corrected chi connectivity index (χ0v) is 11.5. The van der Waals surface area contributed by atoms with E-state index in [-0.39, 0.29) is 0 Å². The summed E-state index contributed by atoms with van der Waals surface area (Å²) in [6.07, 6.45) is 13.7. The van der Waals surface area contributed by atoms with Gasteiger partial charge in [0.25, 0.3) is 0 Å². The van der Waals surface area contributed by atoms with Crippen LogP contribution in [0.15, 0.2) is 0 Å². The van der Waals surface area contributed by atoms with Gasteiger partial charge >= 0.3 is 0 Å². The van der Waals surface area contributed by atoms with Crippen LogP contribution in [0.3, 0.4) is 0 Å². The molecule has 4 rings (SSSR count). The molecular weight excluding hydrogens is 206 g/mol. The van der Waals surface area contributed by atoms with Gasteiger partial charge in [-0.2, -0.15) is 0 Å². The van der Waals surface area contributed by atoms with E-state index < -0.39 is 0 Å². The molecule has 4 aliphatic carbocycles. The maximum absolute atomic E-state index is 5.67. The molecule has 1 heteroatoms. The highest BCUT2D eigenvalue weighted by Crippen LogP contribution is 2.61. The molecule has 4 saturated carbocycles. The quantitative estimate of drug-likeness (QED) is 0.766. The molecule has 4 fully saturated rings. The minimum absolute atomic E-state index is 0.789. The van der Waals surface area contributed by atoms with Crippen LogP contribution < -0.4 is 5.73 Å². The van der Waals surface area contributed by atoms with Gasteiger partial charge in [0.1, 0.15) is 0 Å². The molecule has 0 radical (unpaired) electrons. The van der Waals surface area contributed by atoms with Crippen molar-refractivity contribution in [2.75, 3.05) is 6.54 Å². The maximum atomic E-state index is 5.67. The Bertz CT molecular complexity index is 235. The average molecular weight is 235 g/mol. The monoisotopic (exact) mass is 235 g/mol. The van der Waals surface area contributed by atoms with E-state index in [9.17, 15) is 0 Å². The van der Waals surface area contributed by atoms with Crippen LogP contribution in [0.25, 0.3) is 0 Å². The Morgan fingerprint density at radius 1 is 1.00 bits per heavy atom. The minimum Gasteiger partial charge on any atom is -0.330 e. The van der Waals surface area contributed by atoms with E-state index in [0.29, 0.717) is 0 Å². The Morgan fingerprint density at radius 2 is 1.53 bits per heavy atom. The summed E-state index contributed by atoms with van der Waals surface area (Å²) in [6, 6.07) is 0.